The minimum Gasteiger partial charge on any atom is -0.462 e. The molecule has 1 fully saturated rings. The van der Waals surface area contributed by atoms with Gasteiger partial charge >= 0.3 is 5.97 Å². The van der Waals surface area contributed by atoms with E-state index in [4.69, 9.17) is 4.74 Å². The molecule has 0 amide bonds. The van der Waals surface area contributed by atoms with Crippen molar-refractivity contribution in [3.05, 3.63) is 0 Å². The summed E-state index contributed by atoms with van der Waals surface area (Å²) in [6.07, 6.45) is 3.73. The molecular formula is C11H21NO2. The Bertz CT molecular complexity index is 192. The minimum atomic E-state index is -0.140. The Kier molecular flexibility index (Phi) is 4.39. The molecule has 82 valence electrons. The van der Waals surface area contributed by atoms with Gasteiger partial charge in [-0.05, 0) is 32.6 Å². The van der Waals surface area contributed by atoms with Crippen molar-refractivity contribution >= 4 is 5.97 Å². The van der Waals surface area contributed by atoms with Gasteiger partial charge in [0.15, 0.2) is 0 Å². The predicted octanol–water partition coefficient (Wildman–Crippen LogP) is 1.72. The number of hydrogen-bond donors (Lipinski definition) is 1. The number of hydrogen-bond acceptors (Lipinski definition) is 3. The summed E-state index contributed by atoms with van der Waals surface area (Å²) in [5.41, 5.74) is 0. The van der Waals surface area contributed by atoms with Crippen molar-refractivity contribution in [2.24, 2.45) is 5.92 Å². The second-order valence-corrected chi connectivity index (χ2v) is 4.43. The first-order chi connectivity index (χ1) is 6.59. The first-order valence-electron chi connectivity index (χ1n) is 5.52. The van der Waals surface area contributed by atoms with Crippen LogP contribution in [0.4, 0.5) is 0 Å². The standard InChI is InChI=1S/C11H21NO2/c1-8(2)14-11(13)7-12-10-6-4-5-9(10)3/h8-10,12H,4-7H2,1-3H3. The fourth-order valence-electron chi connectivity index (χ4n) is 1.97. The number of ether oxygens (including phenoxy) is 1. The van der Waals surface area contributed by atoms with Crippen molar-refractivity contribution in [3.63, 3.8) is 0 Å². The third-order valence-corrected chi connectivity index (χ3v) is 2.74. The van der Waals surface area contributed by atoms with Crippen LogP contribution >= 0.6 is 0 Å². The molecule has 0 aromatic rings. The molecule has 0 aromatic heterocycles. The molecule has 1 aliphatic rings. The van der Waals surface area contributed by atoms with Crippen LogP contribution in [0.3, 0.4) is 0 Å². The number of esters is 1. The lowest BCUT2D eigenvalue weighted by atomic mass is 10.1. The van der Waals surface area contributed by atoms with Crippen LogP contribution in [0, 0.1) is 5.92 Å². The second-order valence-electron chi connectivity index (χ2n) is 4.43. The summed E-state index contributed by atoms with van der Waals surface area (Å²) in [5.74, 6) is 0.556. The van der Waals surface area contributed by atoms with Crippen LogP contribution in [0.2, 0.25) is 0 Å². The van der Waals surface area contributed by atoms with Crippen LogP contribution < -0.4 is 5.32 Å². The average molecular weight is 199 g/mol. The van der Waals surface area contributed by atoms with Crippen molar-refractivity contribution in [2.45, 2.75) is 52.2 Å². The van der Waals surface area contributed by atoms with E-state index in [2.05, 4.69) is 12.2 Å². The van der Waals surface area contributed by atoms with E-state index >= 15 is 0 Å². The van der Waals surface area contributed by atoms with Gasteiger partial charge in [0.05, 0.1) is 12.6 Å². The first-order valence-corrected chi connectivity index (χ1v) is 5.52. The van der Waals surface area contributed by atoms with Crippen molar-refractivity contribution in [3.8, 4) is 0 Å². The van der Waals surface area contributed by atoms with Crippen molar-refractivity contribution in [2.75, 3.05) is 6.54 Å². The molecule has 0 heterocycles. The highest BCUT2D eigenvalue weighted by molar-refractivity contribution is 5.71. The lowest BCUT2D eigenvalue weighted by Gasteiger charge is -2.17. The van der Waals surface area contributed by atoms with Gasteiger partial charge in [0.1, 0.15) is 0 Å². The Morgan fingerprint density at radius 2 is 2.21 bits per heavy atom. The van der Waals surface area contributed by atoms with Crippen LogP contribution in [0.1, 0.15) is 40.0 Å². The maximum absolute atomic E-state index is 11.2. The van der Waals surface area contributed by atoms with Crippen LogP contribution in [-0.2, 0) is 9.53 Å². The smallest absolute Gasteiger partial charge is 0.320 e. The summed E-state index contributed by atoms with van der Waals surface area (Å²) < 4.78 is 5.04. The third kappa shape index (κ3) is 3.66. The number of nitrogens with one attached hydrogen (secondary N) is 1. The predicted molar refractivity (Wildman–Crippen MR) is 56.0 cm³/mol. The van der Waals surface area contributed by atoms with Crippen LogP contribution in [0.25, 0.3) is 0 Å². The van der Waals surface area contributed by atoms with Gasteiger partial charge in [0, 0.05) is 6.04 Å². The van der Waals surface area contributed by atoms with Crippen LogP contribution in [0.15, 0.2) is 0 Å². The average Bonchev–Trinajstić information content (AvgIpc) is 2.46. The van der Waals surface area contributed by atoms with E-state index in [9.17, 15) is 4.79 Å². The third-order valence-electron chi connectivity index (χ3n) is 2.74. The van der Waals surface area contributed by atoms with E-state index in [1.807, 2.05) is 13.8 Å². The van der Waals surface area contributed by atoms with Gasteiger partial charge in [0.25, 0.3) is 0 Å². The van der Waals surface area contributed by atoms with Crippen molar-refractivity contribution in [1.82, 2.24) is 5.32 Å². The van der Waals surface area contributed by atoms with E-state index in [1.54, 1.807) is 0 Å². The molecule has 3 heteroatoms. The zero-order chi connectivity index (χ0) is 10.6. The molecule has 0 bridgehead atoms. The van der Waals surface area contributed by atoms with Crippen molar-refractivity contribution < 1.29 is 9.53 Å². The monoisotopic (exact) mass is 199 g/mol. The molecule has 0 radical (unpaired) electrons. The number of carbonyl (C=O) groups is 1. The topological polar surface area (TPSA) is 38.3 Å². The lowest BCUT2D eigenvalue weighted by Crippen LogP contribution is -2.36. The molecule has 1 aliphatic carbocycles. The Balaban J connectivity index is 2.16. The van der Waals surface area contributed by atoms with Gasteiger partial charge in [0.2, 0.25) is 0 Å². The van der Waals surface area contributed by atoms with E-state index in [1.165, 1.54) is 19.3 Å². The SMILES string of the molecule is CC(C)OC(=O)CNC1CCCC1C. The molecule has 1 rings (SSSR count). The zero-order valence-electron chi connectivity index (χ0n) is 9.38. The second kappa shape index (κ2) is 5.35. The molecule has 3 nitrogen and oxygen atoms in total. The summed E-state index contributed by atoms with van der Waals surface area (Å²) >= 11 is 0. The molecule has 2 unspecified atom stereocenters. The molecule has 0 spiro atoms. The van der Waals surface area contributed by atoms with Gasteiger partial charge in [-0.3, -0.25) is 4.79 Å². The first kappa shape index (κ1) is 11.5. The molecule has 1 saturated carbocycles. The summed E-state index contributed by atoms with van der Waals surface area (Å²) in [6.45, 7) is 6.33. The number of carbonyl (C=O) groups excluding carboxylic acids is 1. The fourth-order valence-corrected chi connectivity index (χ4v) is 1.97. The lowest BCUT2D eigenvalue weighted by molar-refractivity contribution is -0.146. The molecule has 1 N–H and O–H groups in total. The maximum atomic E-state index is 11.2. The fraction of sp³-hybridized carbons (Fsp3) is 0.909. The quantitative estimate of drug-likeness (QED) is 0.701. The normalized spacial score (nSPS) is 26.9. The molecule has 0 aliphatic heterocycles. The van der Waals surface area contributed by atoms with Gasteiger partial charge in [-0.25, -0.2) is 0 Å². The van der Waals surface area contributed by atoms with E-state index < -0.39 is 0 Å². The Labute approximate surface area is 86.2 Å². The molecule has 0 saturated heterocycles. The maximum Gasteiger partial charge on any atom is 0.320 e. The van der Waals surface area contributed by atoms with E-state index in [0.717, 1.165) is 0 Å². The van der Waals surface area contributed by atoms with Crippen molar-refractivity contribution in [1.29, 1.82) is 0 Å². The van der Waals surface area contributed by atoms with Gasteiger partial charge in [-0.1, -0.05) is 13.3 Å². The Hall–Kier alpha value is -0.570. The Morgan fingerprint density at radius 1 is 1.50 bits per heavy atom. The van der Waals surface area contributed by atoms with Gasteiger partial charge in [-0.2, -0.15) is 0 Å². The molecule has 14 heavy (non-hydrogen) atoms. The highest BCUT2D eigenvalue weighted by atomic mass is 16.5. The molecule has 2 atom stereocenters. The van der Waals surface area contributed by atoms with Crippen LogP contribution in [0.5, 0.6) is 0 Å². The van der Waals surface area contributed by atoms with Gasteiger partial charge in [-0.15, -0.1) is 0 Å². The zero-order valence-corrected chi connectivity index (χ0v) is 9.38. The largest absolute Gasteiger partial charge is 0.462 e. The summed E-state index contributed by atoms with van der Waals surface area (Å²) in [6, 6.07) is 0.509. The van der Waals surface area contributed by atoms with Gasteiger partial charge < -0.3 is 10.1 Å². The van der Waals surface area contributed by atoms with E-state index in [-0.39, 0.29) is 12.1 Å². The Morgan fingerprint density at radius 3 is 2.71 bits per heavy atom. The molecule has 0 aromatic carbocycles. The van der Waals surface area contributed by atoms with E-state index in [0.29, 0.717) is 18.5 Å². The summed E-state index contributed by atoms with van der Waals surface area (Å²) in [4.78, 5) is 11.2. The summed E-state index contributed by atoms with van der Waals surface area (Å²) in [7, 11) is 0. The highest BCUT2D eigenvalue weighted by Crippen LogP contribution is 2.24. The summed E-state index contributed by atoms with van der Waals surface area (Å²) in [5, 5.41) is 3.26. The minimum absolute atomic E-state index is 0.00898. The number of rotatable bonds is 4. The highest BCUT2D eigenvalue weighted by Gasteiger charge is 2.23. The van der Waals surface area contributed by atoms with Crippen LogP contribution in [-0.4, -0.2) is 24.7 Å². The molecular weight excluding hydrogens is 178 g/mol.